The van der Waals surface area contributed by atoms with E-state index in [1.165, 1.54) is 6.07 Å². The summed E-state index contributed by atoms with van der Waals surface area (Å²) in [5.41, 5.74) is -2.23. The highest BCUT2D eigenvalue weighted by atomic mass is 19.4. The number of alkyl halides is 3. The number of halogens is 4. The average Bonchev–Trinajstić information content (AvgIpc) is 2.70. The van der Waals surface area contributed by atoms with Gasteiger partial charge in [-0.05, 0) is 42.9 Å². The van der Waals surface area contributed by atoms with Crippen LogP contribution in [0.15, 0.2) is 18.2 Å². The van der Waals surface area contributed by atoms with E-state index in [0.717, 1.165) is 25.3 Å². The van der Waals surface area contributed by atoms with Gasteiger partial charge in [-0.25, -0.2) is 4.39 Å². The third-order valence-electron chi connectivity index (χ3n) is 4.05. The fourth-order valence-electron chi connectivity index (χ4n) is 3.00. The maximum Gasteiger partial charge on any atom is 0.419 e. The molecule has 1 aromatic carbocycles. The first-order valence-corrected chi connectivity index (χ1v) is 6.38. The predicted molar refractivity (Wildman–Crippen MR) is 62.9 cm³/mol. The number of hydrogen-bond acceptors (Lipinski definition) is 1. The van der Waals surface area contributed by atoms with Crippen LogP contribution in [-0.2, 0) is 11.8 Å². The second-order valence-corrected chi connectivity index (χ2v) is 5.11. The van der Waals surface area contributed by atoms with Gasteiger partial charge in [0.1, 0.15) is 5.82 Å². The molecule has 0 aliphatic heterocycles. The quantitative estimate of drug-likeness (QED) is 0.801. The third-order valence-corrected chi connectivity index (χ3v) is 4.05. The van der Waals surface area contributed by atoms with E-state index in [1.54, 1.807) is 0 Å². The number of benzene rings is 1. The van der Waals surface area contributed by atoms with Crippen molar-refractivity contribution in [1.29, 1.82) is 0 Å². The van der Waals surface area contributed by atoms with Crippen LogP contribution in [0.5, 0.6) is 0 Å². The molecule has 1 aromatic rings. The molecule has 0 amide bonds. The van der Waals surface area contributed by atoms with Gasteiger partial charge in [0.2, 0.25) is 0 Å². The minimum Gasteiger partial charge on any atom is -0.385 e. The topological polar surface area (TPSA) is 20.2 Å². The molecule has 0 aromatic heterocycles. The molecule has 0 bridgehead atoms. The Morgan fingerprint density at radius 2 is 2.05 bits per heavy atom. The van der Waals surface area contributed by atoms with Crippen molar-refractivity contribution in [3.63, 3.8) is 0 Å². The molecule has 0 heterocycles. The molecule has 5 heteroatoms. The predicted octanol–water partition coefficient (Wildman–Crippen LogP) is 4.24. The zero-order chi connectivity index (χ0) is 14.3. The molecule has 1 N–H and O–H groups in total. The summed E-state index contributed by atoms with van der Waals surface area (Å²) in [6.45, 7) is 1.92. The molecule has 1 fully saturated rings. The standard InChI is InChI=1S/C14H16F4O/c1-2-9-4-3-7-13(9,19)10-5-6-11(12(15)8-10)14(16,17)18/h5-6,8-9,19H,2-4,7H2,1H3. The normalized spacial score (nSPS) is 27.8. The zero-order valence-electron chi connectivity index (χ0n) is 10.6. The Labute approximate surface area is 109 Å². The maximum absolute atomic E-state index is 13.6. The van der Waals surface area contributed by atoms with Crippen LogP contribution in [0.2, 0.25) is 0 Å². The van der Waals surface area contributed by atoms with E-state index in [1.807, 2.05) is 6.92 Å². The molecular weight excluding hydrogens is 260 g/mol. The molecule has 19 heavy (non-hydrogen) atoms. The van der Waals surface area contributed by atoms with Crippen LogP contribution in [0, 0.1) is 11.7 Å². The molecular formula is C14H16F4O. The molecule has 2 rings (SSSR count). The molecule has 0 spiro atoms. The van der Waals surface area contributed by atoms with Crippen molar-refractivity contribution in [2.24, 2.45) is 5.92 Å². The van der Waals surface area contributed by atoms with Crippen molar-refractivity contribution in [2.45, 2.75) is 44.4 Å². The minimum absolute atomic E-state index is 0.0244. The Morgan fingerprint density at radius 1 is 1.37 bits per heavy atom. The molecule has 0 radical (unpaired) electrons. The van der Waals surface area contributed by atoms with E-state index in [9.17, 15) is 22.7 Å². The second kappa shape index (κ2) is 4.78. The Balaban J connectivity index is 2.40. The number of hydrogen-bond donors (Lipinski definition) is 1. The molecule has 2 unspecified atom stereocenters. The van der Waals surface area contributed by atoms with Crippen LogP contribution >= 0.6 is 0 Å². The molecule has 1 aliphatic carbocycles. The lowest BCUT2D eigenvalue weighted by Crippen LogP contribution is -2.30. The van der Waals surface area contributed by atoms with Crippen LogP contribution in [0.25, 0.3) is 0 Å². The smallest absolute Gasteiger partial charge is 0.385 e. The molecule has 0 saturated heterocycles. The summed E-state index contributed by atoms with van der Waals surface area (Å²) in [4.78, 5) is 0. The summed E-state index contributed by atoms with van der Waals surface area (Å²) in [5.74, 6) is -1.34. The van der Waals surface area contributed by atoms with Gasteiger partial charge in [-0.1, -0.05) is 19.4 Å². The third kappa shape index (κ3) is 2.48. The van der Waals surface area contributed by atoms with Gasteiger partial charge in [0, 0.05) is 0 Å². The first-order chi connectivity index (χ1) is 8.79. The van der Waals surface area contributed by atoms with Crippen molar-refractivity contribution in [1.82, 2.24) is 0 Å². The van der Waals surface area contributed by atoms with Crippen molar-refractivity contribution in [2.75, 3.05) is 0 Å². The van der Waals surface area contributed by atoms with Crippen LogP contribution in [0.4, 0.5) is 17.6 Å². The van der Waals surface area contributed by atoms with Crippen LogP contribution < -0.4 is 0 Å². The van der Waals surface area contributed by atoms with E-state index in [-0.39, 0.29) is 11.5 Å². The molecule has 1 nitrogen and oxygen atoms in total. The molecule has 2 atom stereocenters. The van der Waals surface area contributed by atoms with Gasteiger partial charge >= 0.3 is 6.18 Å². The zero-order valence-corrected chi connectivity index (χ0v) is 10.6. The summed E-state index contributed by atoms with van der Waals surface area (Å²) in [6, 6.07) is 2.74. The van der Waals surface area contributed by atoms with Gasteiger partial charge in [-0.15, -0.1) is 0 Å². The molecule has 1 aliphatic rings. The Hall–Kier alpha value is -1.10. The lowest BCUT2D eigenvalue weighted by Gasteiger charge is -2.30. The summed E-state index contributed by atoms with van der Waals surface area (Å²) in [7, 11) is 0. The van der Waals surface area contributed by atoms with Gasteiger partial charge in [0.15, 0.2) is 0 Å². The highest BCUT2D eigenvalue weighted by Crippen LogP contribution is 2.46. The first kappa shape index (κ1) is 14.3. The van der Waals surface area contributed by atoms with E-state index < -0.39 is 23.2 Å². The monoisotopic (exact) mass is 276 g/mol. The fraction of sp³-hybridized carbons (Fsp3) is 0.571. The minimum atomic E-state index is -4.70. The van der Waals surface area contributed by atoms with Crippen molar-refractivity contribution < 1.29 is 22.7 Å². The number of rotatable bonds is 2. The molecule has 1 saturated carbocycles. The maximum atomic E-state index is 13.6. The van der Waals surface area contributed by atoms with Gasteiger partial charge < -0.3 is 5.11 Å². The summed E-state index contributed by atoms with van der Waals surface area (Å²) >= 11 is 0. The van der Waals surface area contributed by atoms with Crippen LogP contribution in [0.1, 0.15) is 43.7 Å². The lowest BCUT2D eigenvalue weighted by molar-refractivity contribution is -0.140. The van der Waals surface area contributed by atoms with Gasteiger partial charge in [-0.2, -0.15) is 13.2 Å². The fourth-order valence-corrected chi connectivity index (χ4v) is 3.00. The summed E-state index contributed by atoms with van der Waals surface area (Å²) < 4.78 is 51.0. The van der Waals surface area contributed by atoms with Crippen molar-refractivity contribution in [3.05, 3.63) is 35.1 Å². The van der Waals surface area contributed by atoms with Gasteiger partial charge in [0.05, 0.1) is 11.2 Å². The number of aliphatic hydroxyl groups is 1. The van der Waals surface area contributed by atoms with E-state index in [4.69, 9.17) is 0 Å². The Bertz CT molecular complexity index is 469. The molecule has 106 valence electrons. The van der Waals surface area contributed by atoms with Crippen molar-refractivity contribution >= 4 is 0 Å². The van der Waals surface area contributed by atoms with Crippen molar-refractivity contribution in [3.8, 4) is 0 Å². The average molecular weight is 276 g/mol. The Morgan fingerprint density at radius 3 is 2.58 bits per heavy atom. The van der Waals surface area contributed by atoms with Gasteiger partial charge in [-0.3, -0.25) is 0 Å². The Kier molecular flexibility index (Phi) is 3.60. The summed E-state index contributed by atoms with van der Waals surface area (Å²) in [6.07, 6.45) is -1.90. The highest BCUT2D eigenvalue weighted by Gasteiger charge is 2.42. The van der Waals surface area contributed by atoms with E-state index >= 15 is 0 Å². The largest absolute Gasteiger partial charge is 0.419 e. The second-order valence-electron chi connectivity index (χ2n) is 5.11. The SMILES string of the molecule is CCC1CCCC1(O)c1ccc(C(F)(F)F)c(F)c1. The van der Waals surface area contributed by atoms with E-state index in [0.29, 0.717) is 12.5 Å². The lowest BCUT2D eigenvalue weighted by atomic mass is 9.82. The van der Waals surface area contributed by atoms with Crippen LogP contribution in [0.3, 0.4) is 0 Å². The summed E-state index contributed by atoms with van der Waals surface area (Å²) in [5, 5.41) is 10.6. The first-order valence-electron chi connectivity index (χ1n) is 6.38. The van der Waals surface area contributed by atoms with Gasteiger partial charge in [0.25, 0.3) is 0 Å². The highest BCUT2D eigenvalue weighted by molar-refractivity contribution is 5.31. The van der Waals surface area contributed by atoms with Crippen LogP contribution in [-0.4, -0.2) is 5.11 Å². The van der Waals surface area contributed by atoms with E-state index in [2.05, 4.69) is 0 Å².